The van der Waals surface area contributed by atoms with Crippen LogP contribution in [0.4, 0.5) is 0 Å². The van der Waals surface area contributed by atoms with Gasteiger partial charge in [0, 0.05) is 30.5 Å². The molecule has 2 aromatic rings. The van der Waals surface area contributed by atoms with Crippen LogP contribution in [0.2, 0.25) is 0 Å². The Hall–Kier alpha value is -2.88. The van der Waals surface area contributed by atoms with E-state index in [0.717, 1.165) is 26.1 Å². The minimum Gasteiger partial charge on any atom is -0.477 e. The Kier molecular flexibility index (Phi) is 6.71. The fraction of sp³-hybridized carbons (Fsp3) is 0.368. The number of fused-ring (bicyclic) bond motifs is 1. The number of thioether (sulfide) groups is 2. The van der Waals surface area contributed by atoms with Gasteiger partial charge in [-0.25, -0.2) is 9.89 Å². The van der Waals surface area contributed by atoms with Crippen molar-refractivity contribution >= 4 is 52.6 Å². The zero-order valence-electron chi connectivity index (χ0n) is 17.9. The number of nitrogens with one attached hydrogen (secondary N) is 2. The second-order valence-corrected chi connectivity index (χ2v) is 10.4. The van der Waals surface area contributed by atoms with E-state index in [1.54, 1.807) is 6.07 Å². The number of aromatic nitrogens is 3. The van der Waals surface area contributed by atoms with E-state index in [1.807, 2.05) is 11.4 Å². The molecule has 0 bridgehead atoms. The Labute approximate surface area is 204 Å². The number of rotatable bonds is 8. The zero-order valence-corrected chi connectivity index (χ0v) is 20.3. The van der Waals surface area contributed by atoms with E-state index in [0.29, 0.717) is 5.57 Å². The summed E-state index contributed by atoms with van der Waals surface area (Å²) in [4.78, 5) is 62.9. The third kappa shape index (κ3) is 4.08. The molecule has 12 nitrogen and oxygen atoms in total. The summed E-state index contributed by atoms with van der Waals surface area (Å²) in [6, 6.07) is 3.62. The number of carbonyl (C=O) groups excluding carboxylic acids is 2. The molecule has 1 fully saturated rings. The molecule has 2 atom stereocenters. The molecule has 4 heterocycles. The lowest BCUT2D eigenvalue weighted by atomic mass is 9.98. The first kappa shape index (κ1) is 24.3. The number of nitrogens with zero attached hydrogens (tertiary/aromatic N) is 3. The minimum absolute atomic E-state index is 0.0713. The molecule has 1 saturated heterocycles. The standard InChI is InChI=1S/C19H19N5O7S3/c1-23-14(27)13(26)21-22-18(23)34-8-9-7-33-17-19(31-2,16(30)24(17)12(9)15(28)29)20-11(25)6-10-4-3-5-32-10/h3-5,17H,6-8H2,1-2H3,(H,20,25)(H,21,26)(H,28,29)/t17-,19+/m1/s1. The van der Waals surface area contributed by atoms with Gasteiger partial charge in [-0.1, -0.05) is 17.8 Å². The summed E-state index contributed by atoms with van der Waals surface area (Å²) in [5.41, 5.74) is -3.08. The maximum atomic E-state index is 13.1. The number of β-lactam (4-membered cyclic amide) rings is 1. The normalized spacial score (nSPS) is 21.8. The fourth-order valence-corrected chi connectivity index (χ4v) is 6.82. The van der Waals surface area contributed by atoms with Gasteiger partial charge < -0.3 is 15.2 Å². The van der Waals surface area contributed by atoms with Gasteiger partial charge >= 0.3 is 17.1 Å². The summed E-state index contributed by atoms with van der Waals surface area (Å²) < 4.78 is 6.50. The molecular formula is C19H19N5O7S3. The third-order valence-electron chi connectivity index (χ3n) is 5.29. The van der Waals surface area contributed by atoms with Crippen LogP contribution in [0.15, 0.2) is 43.5 Å². The maximum absolute atomic E-state index is 13.1. The lowest BCUT2D eigenvalue weighted by Gasteiger charge is -2.55. The molecule has 34 heavy (non-hydrogen) atoms. The van der Waals surface area contributed by atoms with E-state index in [9.17, 15) is 29.1 Å². The Bertz CT molecular complexity index is 1300. The highest BCUT2D eigenvalue weighted by molar-refractivity contribution is 8.01. The van der Waals surface area contributed by atoms with Crippen LogP contribution in [0.3, 0.4) is 0 Å². The van der Waals surface area contributed by atoms with Gasteiger partial charge in [-0.15, -0.1) is 28.2 Å². The molecule has 2 amide bonds. The molecule has 0 spiro atoms. The molecule has 15 heteroatoms. The molecule has 2 aliphatic heterocycles. The van der Waals surface area contributed by atoms with Crippen LogP contribution in [0.1, 0.15) is 4.88 Å². The minimum atomic E-state index is -1.66. The number of amides is 2. The largest absolute Gasteiger partial charge is 0.477 e. The molecular weight excluding hydrogens is 506 g/mol. The van der Waals surface area contributed by atoms with Gasteiger partial charge in [0.1, 0.15) is 11.1 Å². The molecule has 4 rings (SSSR count). The molecule has 0 unspecified atom stereocenters. The Morgan fingerprint density at radius 3 is 2.82 bits per heavy atom. The van der Waals surface area contributed by atoms with Crippen LogP contribution in [-0.4, -0.2) is 72.3 Å². The SMILES string of the molecule is CO[C@@]1(NC(=O)Cc2cccs2)C(=O)N2C(C(=O)O)=C(CSc3n[nH]c(=O)c(=O)n3C)CS[C@@H]21. The summed E-state index contributed by atoms with van der Waals surface area (Å²) in [6.07, 6.45) is 0.0713. The van der Waals surface area contributed by atoms with Crippen LogP contribution in [0.5, 0.6) is 0 Å². The highest BCUT2D eigenvalue weighted by atomic mass is 32.2. The van der Waals surface area contributed by atoms with Crippen molar-refractivity contribution in [3.63, 3.8) is 0 Å². The van der Waals surface area contributed by atoms with Crippen molar-refractivity contribution in [2.24, 2.45) is 7.05 Å². The smallest absolute Gasteiger partial charge is 0.352 e. The lowest BCUT2D eigenvalue weighted by Crippen LogP contribution is -2.80. The number of ether oxygens (including phenoxy) is 1. The predicted molar refractivity (Wildman–Crippen MR) is 124 cm³/mol. The number of carboxylic acid groups (broad SMARTS) is 1. The van der Waals surface area contributed by atoms with Crippen molar-refractivity contribution in [2.75, 3.05) is 18.6 Å². The second kappa shape index (κ2) is 9.40. The van der Waals surface area contributed by atoms with Crippen LogP contribution in [0.25, 0.3) is 0 Å². The molecule has 3 N–H and O–H groups in total. The van der Waals surface area contributed by atoms with E-state index in [4.69, 9.17) is 4.74 Å². The van der Waals surface area contributed by atoms with Gasteiger partial charge in [-0.3, -0.25) is 28.6 Å². The number of aromatic amines is 1. The summed E-state index contributed by atoms with van der Waals surface area (Å²) in [7, 11) is 2.68. The molecule has 2 aliphatic rings. The van der Waals surface area contributed by atoms with Crippen molar-refractivity contribution in [1.29, 1.82) is 0 Å². The third-order valence-corrected chi connectivity index (χ3v) is 8.66. The quantitative estimate of drug-likeness (QED) is 0.178. The van der Waals surface area contributed by atoms with E-state index in [-0.39, 0.29) is 28.8 Å². The van der Waals surface area contributed by atoms with Gasteiger partial charge in [-0.05, 0) is 17.0 Å². The Balaban J connectivity index is 1.55. The van der Waals surface area contributed by atoms with E-state index >= 15 is 0 Å². The molecule has 0 radical (unpaired) electrons. The summed E-state index contributed by atoms with van der Waals surface area (Å²) in [5, 5.41) is 19.7. The maximum Gasteiger partial charge on any atom is 0.352 e. The molecule has 0 aromatic carbocycles. The van der Waals surface area contributed by atoms with E-state index in [1.165, 1.54) is 37.3 Å². The average molecular weight is 526 g/mol. The first-order valence-corrected chi connectivity index (χ1v) is 12.7. The van der Waals surface area contributed by atoms with Crippen molar-refractivity contribution in [3.05, 3.63) is 54.4 Å². The highest BCUT2D eigenvalue weighted by Crippen LogP contribution is 2.47. The van der Waals surface area contributed by atoms with E-state index < -0.39 is 40.0 Å². The van der Waals surface area contributed by atoms with Crippen LogP contribution in [-0.2, 0) is 32.6 Å². The average Bonchev–Trinajstić information content (AvgIpc) is 3.32. The van der Waals surface area contributed by atoms with Crippen LogP contribution < -0.4 is 16.4 Å². The number of H-pyrrole nitrogens is 1. The Morgan fingerprint density at radius 1 is 1.41 bits per heavy atom. The zero-order chi connectivity index (χ0) is 24.6. The lowest BCUT2D eigenvalue weighted by molar-refractivity contribution is -0.192. The van der Waals surface area contributed by atoms with Crippen molar-refractivity contribution in [1.82, 2.24) is 25.0 Å². The van der Waals surface area contributed by atoms with Crippen molar-refractivity contribution in [2.45, 2.75) is 22.7 Å². The first-order valence-electron chi connectivity index (χ1n) is 9.77. The van der Waals surface area contributed by atoms with Gasteiger partial charge in [-0.2, -0.15) is 0 Å². The number of hydrogen-bond acceptors (Lipinski definition) is 10. The van der Waals surface area contributed by atoms with Crippen molar-refractivity contribution in [3.8, 4) is 0 Å². The monoisotopic (exact) mass is 525 g/mol. The van der Waals surface area contributed by atoms with Crippen molar-refractivity contribution < 1.29 is 24.2 Å². The van der Waals surface area contributed by atoms with Gasteiger partial charge in [0.2, 0.25) is 5.91 Å². The molecule has 0 saturated carbocycles. The first-order chi connectivity index (χ1) is 16.2. The number of methoxy groups -OCH3 is 1. The van der Waals surface area contributed by atoms with Gasteiger partial charge in [0.05, 0.1) is 6.42 Å². The topological polar surface area (TPSA) is 164 Å². The summed E-state index contributed by atoms with van der Waals surface area (Å²) in [6.45, 7) is 0. The predicted octanol–water partition coefficient (Wildman–Crippen LogP) is -0.422. The van der Waals surface area contributed by atoms with E-state index in [2.05, 4.69) is 15.5 Å². The number of carboxylic acids is 1. The number of thiophene rings is 1. The van der Waals surface area contributed by atoms with Gasteiger partial charge in [0.15, 0.2) is 5.16 Å². The summed E-state index contributed by atoms with van der Waals surface area (Å²) >= 11 is 3.72. The second-order valence-electron chi connectivity index (χ2n) is 7.33. The van der Waals surface area contributed by atoms with Gasteiger partial charge in [0.25, 0.3) is 11.6 Å². The Morgan fingerprint density at radius 2 is 2.18 bits per heavy atom. The van der Waals surface area contributed by atoms with Crippen LogP contribution >= 0.6 is 34.9 Å². The van der Waals surface area contributed by atoms with Crippen LogP contribution in [0, 0.1) is 0 Å². The number of carbonyl (C=O) groups is 3. The summed E-state index contributed by atoms with van der Waals surface area (Å²) in [5.74, 6) is -2.03. The highest BCUT2D eigenvalue weighted by Gasteiger charge is 2.66. The molecule has 2 aromatic heterocycles. The number of hydrogen-bond donors (Lipinski definition) is 3. The fourth-order valence-electron chi connectivity index (χ4n) is 3.62. The molecule has 0 aliphatic carbocycles. The number of aliphatic carboxylic acids is 1. The molecule has 180 valence electrons.